The smallest absolute Gasteiger partial charge is 0.257 e. The minimum absolute atomic E-state index is 0.482. The Hall–Kier alpha value is -1.55. The topological polar surface area (TPSA) is 31.4 Å². The molecule has 0 radical (unpaired) electrons. The standard InChI is InChI=1S/C13H12BrNO2/c1-16-13-11(7-8-12(14)15-13)17-9-10-5-3-2-4-6-10/h2-8H,9H2,1H3. The highest BCUT2D eigenvalue weighted by Gasteiger charge is 2.06. The van der Waals surface area contributed by atoms with Gasteiger partial charge in [0.1, 0.15) is 11.2 Å². The van der Waals surface area contributed by atoms with Crippen LogP contribution in [-0.4, -0.2) is 12.1 Å². The molecule has 3 nitrogen and oxygen atoms in total. The maximum Gasteiger partial charge on any atom is 0.257 e. The van der Waals surface area contributed by atoms with Crippen molar-refractivity contribution < 1.29 is 9.47 Å². The Morgan fingerprint density at radius 2 is 1.88 bits per heavy atom. The summed E-state index contributed by atoms with van der Waals surface area (Å²) in [5.74, 6) is 1.12. The monoisotopic (exact) mass is 293 g/mol. The lowest BCUT2D eigenvalue weighted by atomic mass is 10.2. The molecule has 1 aromatic carbocycles. The largest absolute Gasteiger partial charge is 0.483 e. The lowest BCUT2D eigenvalue weighted by molar-refractivity contribution is 0.279. The van der Waals surface area contributed by atoms with Crippen LogP contribution in [0.4, 0.5) is 0 Å². The molecular formula is C13H12BrNO2. The zero-order valence-corrected chi connectivity index (χ0v) is 11.0. The first-order valence-corrected chi connectivity index (χ1v) is 5.96. The first kappa shape index (κ1) is 11.9. The average Bonchev–Trinajstić information content (AvgIpc) is 2.38. The zero-order valence-electron chi connectivity index (χ0n) is 9.39. The second-order valence-corrected chi connectivity index (χ2v) is 4.23. The molecule has 1 aromatic heterocycles. The van der Waals surface area contributed by atoms with E-state index in [0.29, 0.717) is 18.2 Å². The number of hydrogen-bond donors (Lipinski definition) is 0. The third kappa shape index (κ3) is 3.20. The lowest BCUT2D eigenvalue weighted by Gasteiger charge is -2.09. The Balaban J connectivity index is 2.09. The molecule has 88 valence electrons. The molecule has 0 fully saturated rings. The molecule has 0 aliphatic heterocycles. The van der Waals surface area contributed by atoms with Gasteiger partial charge in [0.25, 0.3) is 5.88 Å². The zero-order chi connectivity index (χ0) is 12.1. The highest BCUT2D eigenvalue weighted by Crippen LogP contribution is 2.27. The molecule has 0 atom stereocenters. The van der Waals surface area contributed by atoms with Crippen molar-refractivity contribution in [1.82, 2.24) is 4.98 Å². The van der Waals surface area contributed by atoms with Gasteiger partial charge in [0, 0.05) is 0 Å². The van der Waals surface area contributed by atoms with Gasteiger partial charge in [-0.2, -0.15) is 0 Å². The van der Waals surface area contributed by atoms with E-state index < -0.39 is 0 Å². The molecular weight excluding hydrogens is 282 g/mol. The van der Waals surface area contributed by atoms with Crippen molar-refractivity contribution in [1.29, 1.82) is 0 Å². The van der Waals surface area contributed by atoms with Crippen LogP contribution in [0.25, 0.3) is 0 Å². The Bertz CT molecular complexity index is 488. The molecule has 1 heterocycles. The first-order chi connectivity index (χ1) is 8.29. The third-order valence-corrected chi connectivity index (χ3v) is 2.66. The molecule has 0 spiro atoms. The first-order valence-electron chi connectivity index (χ1n) is 5.17. The molecule has 0 unspecified atom stereocenters. The summed E-state index contributed by atoms with van der Waals surface area (Å²) in [4.78, 5) is 4.17. The van der Waals surface area contributed by atoms with Gasteiger partial charge in [-0.3, -0.25) is 0 Å². The molecule has 0 saturated heterocycles. The quantitative estimate of drug-likeness (QED) is 0.810. The number of ether oxygens (including phenoxy) is 2. The summed E-state index contributed by atoms with van der Waals surface area (Å²) in [7, 11) is 1.57. The minimum atomic E-state index is 0.482. The maximum atomic E-state index is 5.66. The second kappa shape index (κ2) is 5.68. The predicted octanol–water partition coefficient (Wildman–Crippen LogP) is 3.43. The summed E-state index contributed by atoms with van der Waals surface area (Å²) in [5.41, 5.74) is 1.11. The number of nitrogens with zero attached hydrogens (tertiary/aromatic N) is 1. The average molecular weight is 294 g/mol. The molecule has 17 heavy (non-hydrogen) atoms. The van der Waals surface area contributed by atoms with E-state index in [9.17, 15) is 0 Å². The van der Waals surface area contributed by atoms with Crippen molar-refractivity contribution in [2.75, 3.05) is 7.11 Å². The van der Waals surface area contributed by atoms with Crippen LogP contribution in [0.15, 0.2) is 47.1 Å². The fraction of sp³-hybridized carbons (Fsp3) is 0.154. The fourth-order valence-corrected chi connectivity index (χ4v) is 1.69. The van der Waals surface area contributed by atoms with Crippen LogP contribution >= 0.6 is 15.9 Å². The van der Waals surface area contributed by atoms with E-state index in [1.54, 1.807) is 7.11 Å². The molecule has 0 aliphatic rings. The molecule has 0 saturated carbocycles. The van der Waals surface area contributed by atoms with Gasteiger partial charge < -0.3 is 9.47 Å². The van der Waals surface area contributed by atoms with Gasteiger partial charge >= 0.3 is 0 Å². The van der Waals surface area contributed by atoms with E-state index in [-0.39, 0.29) is 0 Å². The van der Waals surface area contributed by atoms with Crippen LogP contribution < -0.4 is 9.47 Å². The summed E-state index contributed by atoms with van der Waals surface area (Å²) in [5, 5.41) is 0. The summed E-state index contributed by atoms with van der Waals surface area (Å²) >= 11 is 3.29. The van der Waals surface area contributed by atoms with E-state index in [4.69, 9.17) is 9.47 Å². The lowest BCUT2D eigenvalue weighted by Crippen LogP contribution is -1.98. The summed E-state index contributed by atoms with van der Waals surface area (Å²) < 4.78 is 11.5. The van der Waals surface area contributed by atoms with E-state index in [1.807, 2.05) is 42.5 Å². The minimum Gasteiger partial charge on any atom is -0.483 e. The van der Waals surface area contributed by atoms with Crippen LogP contribution in [0.1, 0.15) is 5.56 Å². The van der Waals surface area contributed by atoms with Gasteiger partial charge in [0.15, 0.2) is 5.75 Å². The summed E-state index contributed by atoms with van der Waals surface area (Å²) in [6.07, 6.45) is 0. The Labute approximate surface area is 109 Å². The van der Waals surface area contributed by atoms with Crippen LogP contribution in [0.3, 0.4) is 0 Å². The van der Waals surface area contributed by atoms with E-state index in [2.05, 4.69) is 20.9 Å². The Morgan fingerprint density at radius 3 is 2.59 bits per heavy atom. The SMILES string of the molecule is COc1nc(Br)ccc1OCc1ccccc1. The number of benzene rings is 1. The second-order valence-electron chi connectivity index (χ2n) is 3.42. The molecule has 0 bridgehead atoms. The van der Waals surface area contributed by atoms with Crippen LogP contribution in [0.5, 0.6) is 11.6 Å². The maximum absolute atomic E-state index is 5.66. The number of halogens is 1. The number of pyridine rings is 1. The van der Waals surface area contributed by atoms with E-state index in [0.717, 1.165) is 10.2 Å². The highest BCUT2D eigenvalue weighted by atomic mass is 79.9. The fourth-order valence-electron chi connectivity index (χ4n) is 1.40. The number of rotatable bonds is 4. The molecule has 0 N–H and O–H groups in total. The number of methoxy groups -OCH3 is 1. The number of hydrogen-bond acceptors (Lipinski definition) is 3. The van der Waals surface area contributed by atoms with Crippen molar-refractivity contribution in [3.63, 3.8) is 0 Å². The van der Waals surface area contributed by atoms with Crippen molar-refractivity contribution in [2.24, 2.45) is 0 Å². The van der Waals surface area contributed by atoms with Gasteiger partial charge in [0.2, 0.25) is 0 Å². The predicted molar refractivity (Wildman–Crippen MR) is 69.3 cm³/mol. The van der Waals surface area contributed by atoms with Gasteiger partial charge in [0.05, 0.1) is 7.11 Å². The van der Waals surface area contributed by atoms with Crippen LogP contribution in [0, 0.1) is 0 Å². The molecule has 0 aliphatic carbocycles. The van der Waals surface area contributed by atoms with Gasteiger partial charge in [-0.25, -0.2) is 4.98 Å². The molecule has 4 heteroatoms. The van der Waals surface area contributed by atoms with Crippen molar-refractivity contribution >= 4 is 15.9 Å². The van der Waals surface area contributed by atoms with Crippen molar-refractivity contribution in [2.45, 2.75) is 6.61 Å². The summed E-state index contributed by atoms with van der Waals surface area (Å²) in [6, 6.07) is 13.6. The van der Waals surface area contributed by atoms with Gasteiger partial charge in [-0.15, -0.1) is 0 Å². The highest BCUT2D eigenvalue weighted by molar-refractivity contribution is 9.10. The number of aromatic nitrogens is 1. The molecule has 2 rings (SSSR count). The van der Waals surface area contributed by atoms with Crippen molar-refractivity contribution in [3.8, 4) is 11.6 Å². The van der Waals surface area contributed by atoms with Gasteiger partial charge in [-0.1, -0.05) is 30.3 Å². The van der Waals surface area contributed by atoms with E-state index >= 15 is 0 Å². The molecule has 2 aromatic rings. The summed E-state index contributed by atoms with van der Waals surface area (Å²) in [6.45, 7) is 0.501. The third-order valence-electron chi connectivity index (χ3n) is 2.22. The Kier molecular flexibility index (Phi) is 3.98. The van der Waals surface area contributed by atoms with Gasteiger partial charge in [-0.05, 0) is 33.6 Å². The van der Waals surface area contributed by atoms with Crippen molar-refractivity contribution in [3.05, 3.63) is 52.6 Å². The Morgan fingerprint density at radius 1 is 1.12 bits per heavy atom. The normalized spacial score (nSPS) is 10.0. The van der Waals surface area contributed by atoms with E-state index in [1.165, 1.54) is 0 Å². The van der Waals surface area contributed by atoms with Crippen LogP contribution in [0.2, 0.25) is 0 Å². The molecule has 0 amide bonds. The van der Waals surface area contributed by atoms with Crippen LogP contribution in [-0.2, 0) is 6.61 Å².